The summed E-state index contributed by atoms with van der Waals surface area (Å²) in [5.41, 5.74) is 7.04. The highest BCUT2D eigenvalue weighted by Crippen LogP contribution is 2.32. The molecular formula is C9H7Cl2N3S2. The number of halogens is 2. The number of nitrogens with zero attached hydrogens (tertiary/aromatic N) is 2. The smallest absolute Gasteiger partial charge is 0.138 e. The van der Waals surface area contributed by atoms with E-state index in [9.17, 15) is 0 Å². The van der Waals surface area contributed by atoms with Crippen molar-refractivity contribution in [2.75, 3.05) is 5.73 Å². The molecule has 0 fully saturated rings. The van der Waals surface area contributed by atoms with E-state index >= 15 is 0 Å². The van der Waals surface area contributed by atoms with Gasteiger partial charge in [0.05, 0.1) is 5.02 Å². The Morgan fingerprint density at radius 2 is 2.19 bits per heavy atom. The van der Waals surface area contributed by atoms with Crippen LogP contribution in [0.3, 0.4) is 0 Å². The zero-order valence-corrected chi connectivity index (χ0v) is 11.1. The number of hydrogen-bond acceptors (Lipinski definition) is 5. The summed E-state index contributed by atoms with van der Waals surface area (Å²) in [6.45, 7) is 0. The second-order valence-corrected chi connectivity index (χ2v) is 5.75. The first-order valence-corrected chi connectivity index (χ1v) is 6.83. The van der Waals surface area contributed by atoms with Crippen molar-refractivity contribution in [1.29, 1.82) is 0 Å². The van der Waals surface area contributed by atoms with Gasteiger partial charge in [0.15, 0.2) is 0 Å². The molecule has 0 aliphatic heterocycles. The van der Waals surface area contributed by atoms with Crippen LogP contribution >= 0.6 is 46.5 Å². The van der Waals surface area contributed by atoms with Crippen molar-refractivity contribution < 1.29 is 0 Å². The van der Waals surface area contributed by atoms with E-state index < -0.39 is 0 Å². The summed E-state index contributed by atoms with van der Waals surface area (Å²) >= 11 is 14.7. The third kappa shape index (κ3) is 2.79. The summed E-state index contributed by atoms with van der Waals surface area (Å²) in [5.74, 6) is 0.652. The first kappa shape index (κ1) is 12.0. The molecule has 2 aromatic rings. The largest absolute Gasteiger partial charge is 0.399 e. The van der Waals surface area contributed by atoms with E-state index in [4.69, 9.17) is 28.9 Å². The van der Waals surface area contributed by atoms with Crippen LogP contribution in [0.1, 0.15) is 5.69 Å². The minimum atomic E-state index is 0.624. The molecule has 16 heavy (non-hydrogen) atoms. The fourth-order valence-electron chi connectivity index (χ4n) is 1.06. The van der Waals surface area contributed by atoms with Crippen molar-refractivity contribution in [1.82, 2.24) is 9.59 Å². The molecular weight excluding hydrogens is 285 g/mol. The first-order chi connectivity index (χ1) is 7.66. The standard InChI is InChI=1S/C9H7Cl2N3S2/c10-6-3-5(12)1-2-8(6)15-4-7-9(11)16-14-13-7/h1-3H,4,12H2. The zero-order valence-electron chi connectivity index (χ0n) is 7.98. The Balaban J connectivity index is 2.08. The van der Waals surface area contributed by atoms with E-state index in [1.165, 1.54) is 11.5 Å². The van der Waals surface area contributed by atoms with Gasteiger partial charge >= 0.3 is 0 Å². The van der Waals surface area contributed by atoms with Gasteiger partial charge in [0, 0.05) is 27.9 Å². The average Bonchev–Trinajstić information content (AvgIpc) is 2.63. The molecule has 0 aliphatic carbocycles. The fourth-order valence-corrected chi connectivity index (χ4v) is 3.07. The third-order valence-electron chi connectivity index (χ3n) is 1.83. The molecule has 3 nitrogen and oxygen atoms in total. The van der Waals surface area contributed by atoms with Crippen molar-refractivity contribution in [3.63, 3.8) is 0 Å². The molecule has 2 N–H and O–H groups in total. The Kier molecular flexibility index (Phi) is 3.91. The van der Waals surface area contributed by atoms with Crippen LogP contribution in [0.5, 0.6) is 0 Å². The second-order valence-electron chi connectivity index (χ2n) is 2.97. The number of thioether (sulfide) groups is 1. The Morgan fingerprint density at radius 3 is 2.81 bits per heavy atom. The third-order valence-corrected chi connectivity index (χ3v) is 4.32. The lowest BCUT2D eigenvalue weighted by Gasteiger charge is -2.03. The summed E-state index contributed by atoms with van der Waals surface area (Å²) in [6, 6.07) is 5.43. The maximum atomic E-state index is 6.04. The number of hydrogen-bond donors (Lipinski definition) is 1. The van der Waals surface area contributed by atoms with Gasteiger partial charge in [0.1, 0.15) is 10.0 Å². The van der Waals surface area contributed by atoms with Crippen LogP contribution in [-0.4, -0.2) is 9.59 Å². The summed E-state index contributed by atoms with van der Waals surface area (Å²) in [6.07, 6.45) is 0. The number of nitrogens with two attached hydrogens (primary N) is 1. The van der Waals surface area contributed by atoms with E-state index in [2.05, 4.69) is 9.59 Å². The van der Waals surface area contributed by atoms with Crippen LogP contribution in [0.25, 0.3) is 0 Å². The molecule has 0 saturated heterocycles. The fraction of sp³-hybridized carbons (Fsp3) is 0.111. The summed E-state index contributed by atoms with van der Waals surface area (Å²) in [5, 5.41) is 4.57. The van der Waals surface area contributed by atoms with E-state index in [0.29, 0.717) is 20.8 Å². The minimum absolute atomic E-state index is 0.624. The molecule has 1 heterocycles. The molecule has 0 aliphatic rings. The molecule has 84 valence electrons. The quantitative estimate of drug-likeness (QED) is 0.692. The highest BCUT2D eigenvalue weighted by molar-refractivity contribution is 7.98. The van der Waals surface area contributed by atoms with Crippen LogP contribution in [0.2, 0.25) is 9.36 Å². The number of nitrogen functional groups attached to an aromatic ring is 1. The molecule has 2 rings (SSSR count). The van der Waals surface area contributed by atoms with Crippen LogP contribution < -0.4 is 5.73 Å². The van der Waals surface area contributed by atoms with Crippen molar-refractivity contribution in [3.05, 3.63) is 33.3 Å². The van der Waals surface area contributed by atoms with Gasteiger partial charge in [-0.2, -0.15) is 0 Å². The Labute approximate surface area is 111 Å². The molecule has 0 spiro atoms. The predicted octanol–water partition coefficient (Wildman–Crippen LogP) is 3.72. The van der Waals surface area contributed by atoms with Gasteiger partial charge < -0.3 is 5.73 Å². The van der Waals surface area contributed by atoms with Gasteiger partial charge in [0.25, 0.3) is 0 Å². The normalized spacial score (nSPS) is 10.6. The molecule has 1 aromatic carbocycles. The number of aromatic nitrogens is 2. The van der Waals surface area contributed by atoms with Crippen LogP contribution in [0, 0.1) is 0 Å². The van der Waals surface area contributed by atoms with Crippen molar-refractivity contribution in [2.24, 2.45) is 0 Å². The van der Waals surface area contributed by atoms with E-state index in [1.54, 1.807) is 17.8 Å². The Morgan fingerprint density at radius 1 is 1.38 bits per heavy atom. The second kappa shape index (κ2) is 5.23. The average molecular weight is 292 g/mol. The molecule has 0 unspecified atom stereocenters. The molecule has 7 heteroatoms. The molecule has 0 amide bonds. The van der Waals surface area contributed by atoms with Crippen LogP contribution in [0.4, 0.5) is 5.69 Å². The highest BCUT2D eigenvalue weighted by atomic mass is 35.5. The minimum Gasteiger partial charge on any atom is -0.399 e. The lowest BCUT2D eigenvalue weighted by molar-refractivity contribution is 1.07. The number of rotatable bonds is 3. The topological polar surface area (TPSA) is 51.8 Å². The summed E-state index contributed by atoms with van der Waals surface area (Å²) in [4.78, 5) is 0.958. The Bertz CT molecular complexity index is 501. The van der Waals surface area contributed by atoms with E-state index in [-0.39, 0.29) is 0 Å². The van der Waals surface area contributed by atoms with Gasteiger partial charge in [-0.05, 0) is 18.2 Å². The monoisotopic (exact) mass is 291 g/mol. The summed E-state index contributed by atoms with van der Waals surface area (Å²) in [7, 11) is 0. The molecule has 0 atom stereocenters. The molecule has 0 bridgehead atoms. The maximum Gasteiger partial charge on any atom is 0.138 e. The van der Waals surface area contributed by atoms with Crippen molar-refractivity contribution >= 4 is 52.2 Å². The van der Waals surface area contributed by atoms with E-state index in [0.717, 1.165) is 10.6 Å². The van der Waals surface area contributed by atoms with Gasteiger partial charge in [-0.1, -0.05) is 27.7 Å². The van der Waals surface area contributed by atoms with Gasteiger partial charge in [-0.25, -0.2) is 0 Å². The number of anilines is 1. The molecule has 1 aromatic heterocycles. The lowest BCUT2D eigenvalue weighted by Crippen LogP contribution is -1.86. The number of benzene rings is 1. The zero-order chi connectivity index (χ0) is 11.5. The SMILES string of the molecule is Nc1ccc(SCc2nnsc2Cl)c(Cl)c1. The lowest BCUT2D eigenvalue weighted by atomic mass is 10.3. The Hall–Kier alpha value is -0.490. The first-order valence-electron chi connectivity index (χ1n) is 4.31. The molecule has 0 radical (unpaired) electrons. The van der Waals surface area contributed by atoms with Gasteiger partial charge in [0.2, 0.25) is 0 Å². The maximum absolute atomic E-state index is 6.04. The predicted molar refractivity (Wildman–Crippen MR) is 70.3 cm³/mol. The van der Waals surface area contributed by atoms with Crippen LogP contribution in [-0.2, 0) is 5.75 Å². The summed E-state index contributed by atoms with van der Waals surface area (Å²) < 4.78 is 4.39. The van der Waals surface area contributed by atoms with E-state index in [1.807, 2.05) is 12.1 Å². The molecule has 0 saturated carbocycles. The van der Waals surface area contributed by atoms with Gasteiger partial charge in [-0.15, -0.1) is 16.9 Å². The van der Waals surface area contributed by atoms with Crippen molar-refractivity contribution in [3.8, 4) is 0 Å². The van der Waals surface area contributed by atoms with Crippen LogP contribution in [0.15, 0.2) is 23.1 Å². The highest BCUT2D eigenvalue weighted by Gasteiger charge is 2.07. The van der Waals surface area contributed by atoms with Gasteiger partial charge in [-0.3, -0.25) is 0 Å². The van der Waals surface area contributed by atoms with Crippen molar-refractivity contribution in [2.45, 2.75) is 10.6 Å².